The second-order valence-electron chi connectivity index (χ2n) is 4.24. The van der Waals surface area contributed by atoms with E-state index < -0.39 is 6.10 Å². The zero-order chi connectivity index (χ0) is 13.8. The zero-order valence-corrected chi connectivity index (χ0v) is 12.8. The van der Waals surface area contributed by atoms with Crippen molar-refractivity contribution in [3.63, 3.8) is 0 Å². The third-order valence-corrected chi connectivity index (χ3v) is 4.12. The van der Waals surface area contributed by atoms with Gasteiger partial charge < -0.3 is 9.84 Å². The van der Waals surface area contributed by atoms with E-state index in [1.165, 1.54) is 0 Å². The van der Waals surface area contributed by atoms with Crippen LogP contribution < -0.4 is 4.74 Å². The van der Waals surface area contributed by atoms with Gasteiger partial charge in [-0.25, -0.2) is 0 Å². The Bertz CT molecular complexity index is 572. The summed E-state index contributed by atoms with van der Waals surface area (Å²) in [5.41, 5.74) is 1.82. The lowest BCUT2D eigenvalue weighted by molar-refractivity contribution is 0.178. The molecule has 2 nitrogen and oxygen atoms in total. The Kier molecular flexibility index (Phi) is 4.86. The minimum absolute atomic E-state index is 0.523. The summed E-state index contributed by atoms with van der Waals surface area (Å²) in [6.45, 7) is 0. The molecule has 1 atom stereocenters. The molecule has 0 aliphatic carbocycles. The van der Waals surface area contributed by atoms with E-state index in [0.29, 0.717) is 11.4 Å². The van der Waals surface area contributed by atoms with Crippen molar-refractivity contribution >= 4 is 27.5 Å². The van der Waals surface area contributed by atoms with Gasteiger partial charge in [-0.1, -0.05) is 29.8 Å². The number of methoxy groups -OCH3 is 1. The van der Waals surface area contributed by atoms with E-state index in [1.807, 2.05) is 36.4 Å². The first-order valence-corrected chi connectivity index (χ1v) is 7.03. The Hall–Kier alpha value is -1.03. The van der Waals surface area contributed by atoms with E-state index in [4.69, 9.17) is 16.3 Å². The van der Waals surface area contributed by atoms with E-state index in [-0.39, 0.29) is 0 Å². The molecule has 4 heteroatoms. The third kappa shape index (κ3) is 3.72. The monoisotopic (exact) mass is 340 g/mol. The van der Waals surface area contributed by atoms with Crippen LogP contribution in [0.5, 0.6) is 5.75 Å². The standard InChI is InChI=1S/C15H14BrClO2/c1-19-12-4-2-3-10(7-12)8-15(18)11-5-6-13(16)14(17)9-11/h2-7,9,15,18H,8H2,1H3. The fourth-order valence-corrected chi connectivity index (χ4v) is 2.30. The molecule has 2 rings (SSSR count). The van der Waals surface area contributed by atoms with Gasteiger partial charge in [0.2, 0.25) is 0 Å². The first-order chi connectivity index (χ1) is 9.10. The van der Waals surface area contributed by atoms with Crippen molar-refractivity contribution in [1.29, 1.82) is 0 Å². The van der Waals surface area contributed by atoms with E-state index in [2.05, 4.69) is 15.9 Å². The SMILES string of the molecule is COc1cccc(CC(O)c2ccc(Br)c(Cl)c2)c1. The number of aliphatic hydroxyl groups is 1. The van der Waals surface area contributed by atoms with Gasteiger partial charge in [-0.3, -0.25) is 0 Å². The van der Waals surface area contributed by atoms with Gasteiger partial charge in [0.05, 0.1) is 18.2 Å². The topological polar surface area (TPSA) is 29.5 Å². The molecule has 0 bridgehead atoms. The fraction of sp³-hybridized carbons (Fsp3) is 0.200. The van der Waals surface area contributed by atoms with Crippen molar-refractivity contribution in [2.45, 2.75) is 12.5 Å². The second-order valence-corrected chi connectivity index (χ2v) is 5.51. The lowest BCUT2D eigenvalue weighted by Crippen LogP contribution is -2.02. The highest BCUT2D eigenvalue weighted by molar-refractivity contribution is 9.10. The third-order valence-electron chi connectivity index (χ3n) is 2.89. The highest BCUT2D eigenvalue weighted by atomic mass is 79.9. The van der Waals surface area contributed by atoms with Gasteiger partial charge in [0.25, 0.3) is 0 Å². The summed E-state index contributed by atoms with van der Waals surface area (Å²) in [6.07, 6.45) is -0.0625. The molecule has 0 saturated heterocycles. The average molecular weight is 342 g/mol. The van der Waals surface area contributed by atoms with Gasteiger partial charge in [-0.15, -0.1) is 0 Å². The lowest BCUT2D eigenvalue weighted by Gasteiger charge is -2.12. The van der Waals surface area contributed by atoms with Crippen molar-refractivity contribution in [1.82, 2.24) is 0 Å². The molecule has 2 aromatic rings. The first-order valence-electron chi connectivity index (χ1n) is 5.86. The number of benzene rings is 2. The molecule has 100 valence electrons. The minimum Gasteiger partial charge on any atom is -0.497 e. The summed E-state index contributed by atoms with van der Waals surface area (Å²) >= 11 is 9.36. The molecule has 0 aliphatic heterocycles. The molecule has 0 aromatic heterocycles. The Labute approximate surface area is 126 Å². The summed E-state index contributed by atoms with van der Waals surface area (Å²) in [7, 11) is 1.63. The van der Waals surface area contributed by atoms with Crippen LogP contribution in [0, 0.1) is 0 Å². The predicted molar refractivity (Wildman–Crippen MR) is 80.8 cm³/mol. The number of aliphatic hydroxyl groups excluding tert-OH is 1. The Morgan fingerprint density at radius 1 is 1.26 bits per heavy atom. The lowest BCUT2D eigenvalue weighted by atomic mass is 10.0. The van der Waals surface area contributed by atoms with Crippen LogP contribution >= 0.6 is 27.5 Å². The van der Waals surface area contributed by atoms with Gasteiger partial charge in [0, 0.05) is 10.9 Å². The van der Waals surface area contributed by atoms with Gasteiger partial charge >= 0.3 is 0 Å². The van der Waals surface area contributed by atoms with Crippen molar-refractivity contribution in [3.8, 4) is 5.75 Å². The van der Waals surface area contributed by atoms with Crippen LogP contribution in [0.25, 0.3) is 0 Å². The molecule has 0 heterocycles. The molecule has 0 aliphatic rings. The molecule has 0 amide bonds. The molecule has 0 radical (unpaired) electrons. The maximum Gasteiger partial charge on any atom is 0.119 e. The highest BCUT2D eigenvalue weighted by Gasteiger charge is 2.10. The van der Waals surface area contributed by atoms with Crippen molar-refractivity contribution in [2.75, 3.05) is 7.11 Å². The second kappa shape index (κ2) is 6.42. The first kappa shape index (κ1) is 14.4. The van der Waals surface area contributed by atoms with Crippen LogP contribution in [0.15, 0.2) is 46.9 Å². The van der Waals surface area contributed by atoms with Gasteiger partial charge in [0.15, 0.2) is 0 Å². The van der Waals surface area contributed by atoms with E-state index in [1.54, 1.807) is 13.2 Å². The number of rotatable bonds is 4. The number of hydrogen-bond acceptors (Lipinski definition) is 2. The van der Waals surface area contributed by atoms with E-state index >= 15 is 0 Å². The maximum atomic E-state index is 10.2. The van der Waals surface area contributed by atoms with Gasteiger partial charge in [-0.05, 0) is 51.3 Å². The van der Waals surface area contributed by atoms with Crippen LogP contribution in [-0.2, 0) is 6.42 Å². The Morgan fingerprint density at radius 3 is 2.74 bits per heavy atom. The molecule has 1 unspecified atom stereocenters. The predicted octanol–water partition coefficient (Wildman–Crippen LogP) is 4.39. The Morgan fingerprint density at radius 2 is 2.05 bits per heavy atom. The summed E-state index contributed by atoms with van der Waals surface area (Å²) in [6, 6.07) is 13.2. The molecule has 19 heavy (non-hydrogen) atoms. The molecule has 0 fully saturated rings. The van der Waals surface area contributed by atoms with E-state index in [9.17, 15) is 5.11 Å². The summed E-state index contributed by atoms with van der Waals surface area (Å²) in [5.74, 6) is 0.790. The van der Waals surface area contributed by atoms with Crippen molar-refractivity contribution < 1.29 is 9.84 Å². The van der Waals surface area contributed by atoms with E-state index in [0.717, 1.165) is 21.3 Å². The molecule has 2 aromatic carbocycles. The maximum absolute atomic E-state index is 10.2. The van der Waals surface area contributed by atoms with Crippen LogP contribution in [-0.4, -0.2) is 12.2 Å². The number of ether oxygens (including phenoxy) is 1. The molecule has 1 N–H and O–H groups in total. The van der Waals surface area contributed by atoms with Crippen LogP contribution in [0.4, 0.5) is 0 Å². The van der Waals surface area contributed by atoms with Crippen LogP contribution in [0.3, 0.4) is 0 Å². The number of hydrogen-bond donors (Lipinski definition) is 1. The largest absolute Gasteiger partial charge is 0.497 e. The smallest absolute Gasteiger partial charge is 0.119 e. The minimum atomic E-state index is -0.585. The van der Waals surface area contributed by atoms with Gasteiger partial charge in [0.1, 0.15) is 5.75 Å². The fourth-order valence-electron chi connectivity index (χ4n) is 1.86. The highest BCUT2D eigenvalue weighted by Crippen LogP contribution is 2.28. The normalized spacial score (nSPS) is 12.2. The van der Waals surface area contributed by atoms with Crippen molar-refractivity contribution in [2.24, 2.45) is 0 Å². The molecule has 0 spiro atoms. The molecule has 0 saturated carbocycles. The number of halogens is 2. The van der Waals surface area contributed by atoms with Crippen molar-refractivity contribution in [3.05, 3.63) is 63.1 Å². The average Bonchev–Trinajstić information content (AvgIpc) is 2.42. The summed E-state index contributed by atoms with van der Waals surface area (Å²) < 4.78 is 5.99. The van der Waals surface area contributed by atoms with Crippen LogP contribution in [0.2, 0.25) is 5.02 Å². The zero-order valence-electron chi connectivity index (χ0n) is 10.4. The molecular formula is C15H14BrClO2. The summed E-state index contributed by atoms with van der Waals surface area (Å²) in [5, 5.41) is 10.8. The molecular weight excluding hydrogens is 328 g/mol. The Balaban J connectivity index is 2.15. The summed E-state index contributed by atoms with van der Waals surface area (Å²) in [4.78, 5) is 0. The van der Waals surface area contributed by atoms with Gasteiger partial charge in [-0.2, -0.15) is 0 Å². The van der Waals surface area contributed by atoms with Crippen LogP contribution in [0.1, 0.15) is 17.2 Å². The quantitative estimate of drug-likeness (QED) is 0.894.